The minimum absolute atomic E-state index is 0.0361. The Bertz CT molecular complexity index is 712. The molecular formula is C14H14N4O3S. The number of benzene rings is 1. The van der Waals surface area contributed by atoms with Gasteiger partial charge in [-0.3, -0.25) is 14.9 Å². The van der Waals surface area contributed by atoms with Crippen LogP contribution in [0.25, 0.3) is 0 Å². The number of nitrogens with one attached hydrogen (secondary N) is 2. The Kier molecular flexibility index (Phi) is 5.21. The van der Waals surface area contributed by atoms with E-state index >= 15 is 0 Å². The maximum Gasteiger partial charge on any atom is 0.324 e. The van der Waals surface area contributed by atoms with Gasteiger partial charge in [-0.2, -0.15) is 5.10 Å². The highest BCUT2D eigenvalue weighted by atomic mass is 32.1. The van der Waals surface area contributed by atoms with Crippen molar-refractivity contribution in [2.45, 2.75) is 6.92 Å². The van der Waals surface area contributed by atoms with E-state index in [-0.39, 0.29) is 17.5 Å². The maximum absolute atomic E-state index is 11.6. The average molecular weight is 318 g/mol. The van der Waals surface area contributed by atoms with Crippen molar-refractivity contribution in [3.63, 3.8) is 0 Å². The SMILES string of the molecule is Cc1ccccc1NCC(=O)N/N=C/c1ccc([N+](=O)[O-])s1. The monoisotopic (exact) mass is 318 g/mol. The van der Waals surface area contributed by atoms with Crippen LogP contribution < -0.4 is 10.7 Å². The van der Waals surface area contributed by atoms with Gasteiger partial charge in [-0.25, -0.2) is 5.43 Å². The van der Waals surface area contributed by atoms with Crippen LogP contribution in [0, 0.1) is 17.0 Å². The topological polar surface area (TPSA) is 96.6 Å². The second-order valence-electron chi connectivity index (χ2n) is 4.39. The second-order valence-corrected chi connectivity index (χ2v) is 5.49. The molecular weight excluding hydrogens is 304 g/mol. The number of para-hydroxylation sites is 1. The number of nitro groups is 1. The van der Waals surface area contributed by atoms with Crippen molar-refractivity contribution in [2.75, 3.05) is 11.9 Å². The summed E-state index contributed by atoms with van der Waals surface area (Å²) in [5.74, 6) is -0.300. The molecule has 1 amide bonds. The van der Waals surface area contributed by atoms with E-state index in [1.165, 1.54) is 12.3 Å². The normalized spacial score (nSPS) is 10.6. The first-order valence-corrected chi connectivity index (χ1v) is 7.23. The van der Waals surface area contributed by atoms with Gasteiger partial charge in [0.15, 0.2) is 0 Å². The number of hydrazone groups is 1. The lowest BCUT2D eigenvalue weighted by molar-refractivity contribution is -0.380. The Labute approximate surface area is 130 Å². The second kappa shape index (κ2) is 7.32. The van der Waals surface area contributed by atoms with Crippen molar-refractivity contribution in [2.24, 2.45) is 5.10 Å². The van der Waals surface area contributed by atoms with E-state index in [1.807, 2.05) is 31.2 Å². The first-order valence-electron chi connectivity index (χ1n) is 6.42. The van der Waals surface area contributed by atoms with E-state index in [0.717, 1.165) is 22.6 Å². The number of amides is 1. The van der Waals surface area contributed by atoms with Crippen LogP contribution in [0.4, 0.5) is 10.7 Å². The Morgan fingerprint density at radius 3 is 2.82 bits per heavy atom. The molecule has 0 aliphatic heterocycles. The summed E-state index contributed by atoms with van der Waals surface area (Å²) in [5.41, 5.74) is 4.29. The summed E-state index contributed by atoms with van der Waals surface area (Å²) >= 11 is 0.990. The quantitative estimate of drug-likeness (QED) is 0.486. The number of aryl methyl sites for hydroxylation is 1. The lowest BCUT2D eigenvalue weighted by Crippen LogP contribution is -2.26. The van der Waals surface area contributed by atoms with Gasteiger partial charge in [0.2, 0.25) is 0 Å². The number of carbonyl (C=O) groups excluding carboxylic acids is 1. The molecule has 0 spiro atoms. The number of nitrogens with zero attached hydrogens (tertiary/aromatic N) is 2. The molecule has 0 aliphatic carbocycles. The van der Waals surface area contributed by atoms with Crippen molar-refractivity contribution in [1.82, 2.24) is 5.43 Å². The van der Waals surface area contributed by atoms with Crippen LogP contribution in [0.3, 0.4) is 0 Å². The molecule has 2 aromatic rings. The van der Waals surface area contributed by atoms with Crippen LogP contribution in [0.1, 0.15) is 10.4 Å². The fourth-order valence-electron chi connectivity index (χ4n) is 1.66. The van der Waals surface area contributed by atoms with Crippen LogP contribution in [-0.4, -0.2) is 23.6 Å². The first-order chi connectivity index (χ1) is 10.6. The van der Waals surface area contributed by atoms with E-state index in [9.17, 15) is 14.9 Å². The Morgan fingerprint density at radius 2 is 2.14 bits per heavy atom. The third kappa shape index (κ3) is 4.38. The molecule has 2 rings (SSSR count). The summed E-state index contributed by atoms with van der Waals surface area (Å²) in [7, 11) is 0. The molecule has 0 fully saturated rings. The summed E-state index contributed by atoms with van der Waals surface area (Å²) in [4.78, 5) is 22.3. The fraction of sp³-hybridized carbons (Fsp3) is 0.143. The molecule has 2 N–H and O–H groups in total. The van der Waals surface area contributed by atoms with E-state index in [4.69, 9.17) is 0 Å². The molecule has 0 saturated heterocycles. The first kappa shape index (κ1) is 15.6. The van der Waals surface area contributed by atoms with Gasteiger partial charge in [0.05, 0.1) is 22.6 Å². The average Bonchev–Trinajstić information content (AvgIpc) is 2.95. The number of rotatable bonds is 6. The number of hydrogen-bond acceptors (Lipinski definition) is 6. The highest BCUT2D eigenvalue weighted by Crippen LogP contribution is 2.22. The molecule has 7 nitrogen and oxygen atoms in total. The molecule has 22 heavy (non-hydrogen) atoms. The molecule has 0 radical (unpaired) electrons. The summed E-state index contributed by atoms with van der Waals surface area (Å²) in [6, 6.07) is 10.6. The van der Waals surface area contributed by atoms with Crippen LogP contribution in [0.15, 0.2) is 41.5 Å². The molecule has 1 aromatic carbocycles. The zero-order chi connectivity index (χ0) is 15.9. The predicted molar refractivity (Wildman–Crippen MR) is 86.4 cm³/mol. The molecule has 0 bridgehead atoms. The zero-order valence-electron chi connectivity index (χ0n) is 11.8. The highest BCUT2D eigenvalue weighted by molar-refractivity contribution is 7.16. The molecule has 114 valence electrons. The number of carbonyl (C=O) groups is 1. The minimum Gasteiger partial charge on any atom is -0.376 e. The van der Waals surface area contributed by atoms with Gasteiger partial charge < -0.3 is 5.32 Å². The summed E-state index contributed by atoms with van der Waals surface area (Å²) < 4.78 is 0. The van der Waals surface area contributed by atoms with Crippen molar-refractivity contribution in [1.29, 1.82) is 0 Å². The number of hydrogen-bond donors (Lipinski definition) is 2. The van der Waals surface area contributed by atoms with E-state index < -0.39 is 4.92 Å². The number of thiophene rings is 1. The van der Waals surface area contributed by atoms with Gasteiger partial charge in [-0.05, 0) is 24.6 Å². The smallest absolute Gasteiger partial charge is 0.324 e. The van der Waals surface area contributed by atoms with Gasteiger partial charge in [-0.1, -0.05) is 29.5 Å². The predicted octanol–water partition coefficient (Wildman–Crippen LogP) is 2.53. The lowest BCUT2D eigenvalue weighted by atomic mass is 10.2. The maximum atomic E-state index is 11.6. The van der Waals surface area contributed by atoms with Crippen molar-refractivity contribution >= 4 is 34.1 Å². The van der Waals surface area contributed by atoms with E-state index in [2.05, 4.69) is 15.8 Å². The molecule has 1 aromatic heterocycles. The van der Waals surface area contributed by atoms with E-state index in [1.54, 1.807) is 6.07 Å². The van der Waals surface area contributed by atoms with Crippen LogP contribution in [0.2, 0.25) is 0 Å². The Morgan fingerprint density at radius 1 is 1.36 bits per heavy atom. The van der Waals surface area contributed by atoms with Gasteiger partial charge >= 0.3 is 5.00 Å². The van der Waals surface area contributed by atoms with Gasteiger partial charge in [0.25, 0.3) is 5.91 Å². The Balaban J connectivity index is 1.81. The van der Waals surface area contributed by atoms with E-state index in [0.29, 0.717) is 4.88 Å². The summed E-state index contributed by atoms with van der Waals surface area (Å²) in [6.45, 7) is 2.04. The molecule has 1 heterocycles. The third-order valence-electron chi connectivity index (χ3n) is 2.76. The van der Waals surface area contributed by atoms with Gasteiger partial charge in [0, 0.05) is 11.8 Å². The van der Waals surface area contributed by atoms with Crippen molar-refractivity contribution < 1.29 is 9.72 Å². The van der Waals surface area contributed by atoms with Crippen LogP contribution in [-0.2, 0) is 4.79 Å². The fourth-order valence-corrected chi connectivity index (χ4v) is 2.36. The largest absolute Gasteiger partial charge is 0.376 e. The highest BCUT2D eigenvalue weighted by Gasteiger charge is 2.08. The van der Waals surface area contributed by atoms with Crippen molar-refractivity contribution in [3.8, 4) is 0 Å². The standard InChI is InChI=1S/C14H14N4O3S/c1-10-4-2-3-5-12(10)15-9-13(19)17-16-8-11-6-7-14(22-11)18(20)21/h2-8,15H,9H2,1H3,(H,17,19)/b16-8+. The van der Waals surface area contributed by atoms with Crippen LogP contribution >= 0.6 is 11.3 Å². The molecule has 0 unspecified atom stereocenters. The summed E-state index contributed by atoms with van der Waals surface area (Å²) in [6.07, 6.45) is 1.38. The minimum atomic E-state index is -0.466. The third-order valence-corrected chi connectivity index (χ3v) is 3.73. The van der Waals surface area contributed by atoms with Gasteiger partial charge in [-0.15, -0.1) is 0 Å². The van der Waals surface area contributed by atoms with Crippen LogP contribution in [0.5, 0.6) is 0 Å². The van der Waals surface area contributed by atoms with Gasteiger partial charge in [0.1, 0.15) is 0 Å². The Hall–Kier alpha value is -2.74. The zero-order valence-corrected chi connectivity index (χ0v) is 12.6. The molecule has 0 aliphatic rings. The van der Waals surface area contributed by atoms with Crippen molar-refractivity contribution in [3.05, 3.63) is 57.0 Å². The molecule has 0 saturated carbocycles. The lowest BCUT2D eigenvalue weighted by Gasteiger charge is -2.07. The number of anilines is 1. The summed E-state index contributed by atoms with van der Waals surface area (Å²) in [5, 5.41) is 17.4. The molecule has 8 heteroatoms. The molecule has 0 atom stereocenters.